The first kappa shape index (κ1) is 16.9. The maximum atomic E-state index is 12.5. The minimum atomic E-state index is -3.87. The Morgan fingerprint density at radius 2 is 1.90 bits per heavy atom. The zero-order valence-corrected chi connectivity index (χ0v) is 12.5. The quantitative estimate of drug-likeness (QED) is 0.773. The van der Waals surface area contributed by atoms with Gasteiger partial charge >= 0.3 is 16.2 Å². The highest BCUT2D eigenvalue weighted by Gasteiger charge is 2.27. The number of rotatable bonds is 8. The Kier molecular flexibility index (Phi) is 6.14. The normalized spacial score (nSPS) is 11.1. The van der Waals surface area contributed by atoms with Gasteiger partial charge in [-0.05, 0) is 12.1 Å². The summed E-state index contributed by atoms with van der Waals surface area (Å²) in [5.74, 6) is -1.07. The van der Waals surface area contributed by atoms with Crippen LogP contribution in [0.4, 0.5) is 5.69 Å². The molecule has 0 radical (unpaired) electrons. The van der Waals surface area contributed by atoms with Crippen LogP contribution in [0.3, 0.4) is 0 Å². The zero-order chi connectivity index (χ0) is 15.9. The van der Waals surface area contributed by atoms with Crippen LogP contribution in [0.1, 0.15) is 12.8 Å². The summed E-state index contributed by atoms with van der Waals surface area (Å²) in [6, 6.07) is 10.3. The first-order chi connectivity index (χ1) is 9.89. The van der Waals surface area contributed by atoms with E-state index in [9.17, 15) is 13.2 Å². The molecule has 0 fully saturated rings. The molecule has 0 atom stereocenters. The second-order valence-electron chi connectivity index (χ2n) is 4.29. The zero-order valence-electron chi connectivity index (χ0n) is 11.6. The highest BCUT2D eigenvalue weighted by atomic mass is 32.2. The van der Waals surface area contributed by atoms with Gasteiger partial charge in [-0.2, -0.15) is 18.0 Å². The molecule has 0 saturated heterocycles. The van der Waals surface area contributed by atoms with Crippen molar-refractivity contribution in [3.8, 4) is 6.07 Å². The molecule has 0 heterocycles. The minimum absolute atomic E-state index is 0.0141. The molecule has 0 aliphatic rings. The summed E-state index contributed by atoms with van der Waals surface area (Å²) in [7, 11) is -2.55. The molecule has 1 aromatic carbocycles. The van der Waals surface area contributed by atoms with Crippen LogP contribution in [-0.2, 0) is 15.0 Å². The first-order valence-electron chi connectivity index (χ1n) is 6.27. The van der Waals surface area contributed by atoms with Crippen molar-refractivity contribution in [3.05, 3.63) is 30.3 Å². The Hall–Kier alpha value is -2.11. The summed E-state index contributed by atoms with van der Waals surface area (Å²) in [6.07, 6.45) is -0.239. The summed E-state index contributed by atoms with van der Waals surface area (Å²) >= 11 is 0. The van der Waals surface area contributed by atoms with Crippen molar-refractivity contribution in [2.45, 2.75) is 12.8 Å². The van der Waals surface area contributed by atoms with Crippen molar-refractivity contribution in [3.63, 3.8) is 0 Å². The molecule has 0 spiro atoms. The van der Waals surface area contributed by atoms with Crippen LogP contribution < -0.4 is 4.31 Å². The minimum Gasteiger partial charge on any atom is -0.481 e. The number of hydrogen-bond donors (Lipinski definition) is 1. The topological polar surface area (TPSA) is 102 Å². The standard InChI is InChI=1S/C13H17N3O4S/c1-15(11-8-13(17)18)21(19,20)16(10-5-9-14)12-6-3-2-4-7-12/h2-4,6-7H,5,8,10-11H2,1H3,(H,17,18). The molecule has 0 unspecified atom stereocenters. The van der Waals surface area contributed by atoms with E-state index in [1.165, 1.54) is 7.05 Å². The van der Waals surface area contributed by atoms with E-state index in [0.717, 1.165) is 8.61 Å². The second kappa shape index (κ2) is 7.61. The number of benzene rings is 1. The third-order valence-electron chi connectivity index (χ3n) is 2.78. The number of anilines is 1. The van der Waals surface area contributed by atoms with Crippen LogP contribution >= 0.6 is 0 Å². The maximum absolute atomic E-state index is 12.5. The molecule has 0 amide bonds. The Morgan fingerprint density at radius 3 is 2.43 bits per heavy atom. The highest BCUT2D eigenvalue weighted by molar-refractivity contribution is 7.90. The molecule has 0 aromatic heterocycles. The van der Waals surface area contributed by atoms with Gasteiger partial charge in [0.2, 0.25) is 0 Å². The number of hydrogen-bond acceptors (Lipinski definition) is 4. The van der Waals surface area contributed by atoms with Crippen LogP contribution in [0.25, 0.3) is 0 Å². The van der Waals surface area contributed by atoms with Gasteiger partial charge in [0, 0.05) is 20.1 Å². The number of aliphatic carboxylic acids is 1. The molecule has 1 aromatic rings. The van der Waals surface area contributed by atoms with Gasteiger partial charge in [0.1, 0.15) is 0 Å². The summed E-state index contributed by atoms with van der Waals surface area (Å²) in [4.78, 5) is 10.6. The first-order valence-corrected chi connectivity index (χ1v) is 7.67. The summed E-state index contributed by atoms with van der Waals surface area (Å²) < 4.78 is 27.1. The molecule has 8 heteroatoms. The van der Waals surface area contributed by atoms with Crippen LogP contribution in [0.15, 0.2) is 30.3 Å². The predicted molar refractivity (Wildman–Crippen MR) is 77.8 cm³/mol. The van der Waals surface area contributed by atoms with Crippen molar-refractivity contribution in [1.29, 1.82) is 5.26 Å². The Balaban J connectivity index is 3.01. The van der Waals surface area contributed by atoms with Crippen LogP contribution in [0.2, 0.25) is 0 Å². The van der Waals surface area contributed by atoms with Crippen molar-refractivity contribution < 1.29 is 18.3 Å². The number of para-hydroxylation sites is 1. The third-order valence-corrected chi connectivity index (χ3v) is 4.70. The number of carboxylic acid groups (broad SMARTS) is 1. The molecule has 0 bridgehead atoms. The molecular formula is C13H17N3O4S. The number of nitriles is 1. The van der Waals surface area contributed by atoms with E-state index in [-0.39, 0.29) is 25.9 Å². The van der Waals surface area contributed by atoms with E-state index in [0.29, 0.717) is 5.69 Å². The third kappa shape index (κ3) is 4.73. The van der Waals surface area contributed by atoms with E-state index in [2.05, 4.69) is 0 Å². The smallest absolute Gasteiger partial charge is 0.304 e. The van der Waals surface area contributed by atoms with E-state index in [1.54, 1.807) is 30.3 Å². The maximum Gasteiger partial charge on any atom is 0.304 e. The predicted octanol–water partition coefficient (Wildman–Crippen LogP) is 1.06. The molecule has 0 saturated carbocycles. The molecule has 0 aliphatic carbocycles. The van der Waals surface area contributed by atoms with Gasteiger partial charge in [-0.3, -0.25) is 9.10 Å². The average Bonchev–Trinajstić information content (AvgIpc) is 2.46. The Morgan fingerprint density at radius 1 is 1.29 bits per heavy atom. The molecule has 1 rings (SSSR count). The summed E-state index contributed by atoms with van der Waals surface area (Å²) in [5.41, 5.74) is 0.440. The Bertz CT molecular complexity index is 610. The van der Waals surface area contributed by atoms with Crippen molar-refractivity contribution in [1.82, 2.24) is 4.31 Å². The van der Waals surface area contributed by atoms with Gasteiger partial charge in [0.25, 0.3) is 0 Å². The lowest BCUT2D eigenvalue weighted by Crippen LogP contribution is -2.43. The fourth-order valence-electron chi connectivity index (χ4n) is 1.66. The molecule has 1 N–H and O–H groups in total. The lowest BCUT2D eigenvalue weighted by molar-refractivity contribution is -0.137. The molecule has 114 valence electrons. The van der Waals surface area contributed by atoms with Crippen molar-refractivity contribution >= 4 is 21.9 Å². The average molecular weight is 311 g/mol. The van der Waals surface area contributed by atoms with Gasteiger partial charge in [-0.1, -0.05) is 18.2 Å². The summed E-state index contributed by atoms with van der Waals surface area (Å²) in [6.45, 7) is -0.117. The molecule has 7 nitrogen and oxygen atoms in total. The second-order valence-corrected chi connectivity index (χ2v) is 6.25. The number of carbonyl (C=O) groups is 1. The largest absolute Gasteiger partial charge is 0.481 e. The lowest BCUT2D eigenvalue weighted by Gasteiger charge is -2.28. The molecule has 21 heavy (non-hydrogen) atoms. The number of carboxylic acids is 1. The van der Waals surface area contributed by atoms with Crippen LogP contribution in [0.5, 0.6) is 0 Å². The Labute approximate surface area is 124 Å². The van der Waals surface area contributed by atoms with Gasteiger partial charge in [0.05, 0.1) is 24.6 Å². The van der Waals surface area contributed by atoms with Gasteiger partial charge in [-0.15, -0.1) is 0 Å². The highest BCUT2D eigenvalue weighted by Crippen LogP contribution is 2.19. The van der Waals surface area contributed by atoms with E-state index < -0.39 is 16.2 Å². The number of nitrogens with zero attached hydrogens (tertiary/aromatic N) is 3. The van der Waals surface area contributed by atoms with Gasteiger partial charge in [-0.25, -0.2) is 0 Å². The van der Waals surface area contributed by atoms with Gasteiger partial charge in [0.15, 0.2) is 0 Å². The molecular weight excluding hydrogens is 294 g/mol. The van der Waals surface area contributed by atoms with E-state index in [1.807, 2.05) is 6.07 Å². The lowest BCUT2D eigenvalue weighted by atomic mass is 10.3. The summed E-state index contributed by atoms with van der Waals surface area (Å²) in [5, 5.41) is 17.3. The van der Waals surface area contributed by atoms with Crippen LogP contribution in [-0.4, -0.2) is 43.9 Å². The van der Waals surface area contributed by atoms with Crippen molar-refractivity contribution in [2.75, 3.05) is 24.4 Å². The van der Waals surface area contributed by atoms with E-state index in [4.69, 9.17) is 10.4 Å². The SMILES string of the molecule is CN(CCC(=O)O)S(=O)(=O)N(CCC#N)c1ccccc1. The fraction of sp³-hybridized carbons (Fsp3) is 0.385. The van der Waals surface area contributed by atoms with Crippen LogP contribution in [0, 0.1) is 11.3 Å². The van der Waals surface area contributed by atoms with Gasteiger partial charge < -0.3 is 5.11 Å². The fourth-order valence-corrected chi connectivity index (χ4v) is 3.03. The van der Waals surface area contributed by atoms with Crippen molar-refractivity contribution in [2.24, 2.45) is 0 Å². The monoisotopic (exact) mass is 311 g/mol. The molecule has 0 aliphatic heterocycles. The van der Waals surface area contributed by atoms with E-state index >= 15 is 0 Å².